The highest BCUT2D eigenvalue weighted by molar-refractivity contribution is 5.94. The summed E-state index contributed by atoms with van der Waals surface area (Å²) in [5, 5.41) is 12.0. The number of nitrogens with zero attached hydrogens (tertiary/aromatic N) is 1. The number of halogens is 6. The van der Waals surface area contributed by atoms with Gasteiger partial charge in [-0.05, 0) is 35.7 Å². The van der Waals surface area contributed by atoms with Crippen molar-refractivity contribution in [2.45, 2.75) is 30.9 Å². The molecule has 0 unspecified atom stereocenters. The van der Waals surface area contributed by atoms with Gasteiger partial charge in [0, 0.05) is 37.0 Å². The molecule has 3 rings (SSSR count). The summed E-state index contributed by atoms with van der Waals surface area (Å²) in [5.41, 5.74) is -3.47. The van der Waals surface area contributed by atoms with Crippen molar-refractivity contribution < 1.29 is 36.2 Å². The Balaban J connectivity index is 1.82. The summed E-state index contributed by atoms with van der Waals surface area (Å²) in [6.45, 7) is 0.840. The standard InChI is InChI=1S/C20H18F6N2O2/c1-27-17(29)14-4-7-16-13(10-14)8-9-28(16)11-12-2-5-15(6-3-12)18(30,19(21,22)23)20(24,25)26/h2-7,10,30H,8-9,11H2,1H3,(H,27,29). The van der Waals surface area contributed by atoms with Crippen LogP contribution in [0.2, 0.25) is 0 Å². The average molecular weight is 432 g/mol. The maximum atomic E-state index is 13.0. The zero-order valence-corrected chi connectivity index (χ0v) is 15.7. The number of carbonyl (C=O) groups is 1. The largest absolute Gasteiger partial charge is 0.430 e. The minimum absolute atomic E-state index is 0.228. The second-order valence-corrected chi connectivity index (χ2v) is 7.00. The van der Waals surface area contributed by atoms with Crippen LogP contribution in [0.3, 0.4) is 0 Å². The quantitative estimate of drug-likeness (QED) is 0.721. The molecule has 0 spiro atoms. The number of benzene rings is 2. The number of anilines is 1. The highest BCUT2D eigenvalue weighted by atomic mass is 19.4. The summed E-state index contributed by atoms with van der Waals surface area (Å²) in [6, 6.07) is 8.70. The van der Waals surface area contributed by atoms with Crippen LogP contribution in [0.15, 0.2) is 42.5 Å². The normalized spacial score (nSPS) is 14.6. The Morgan fingerprint density at radius 3 is 2.17 bits per heavy atom. The number of rotatable bonds is 4. The molecule has 2 aromatic rings. The van der Waals surface area contributed by atoms with Crippen LogP contribution in [0.25, 0.3) is 0 Å². The van der Waals surface area contributed by atoms with Crippen LogP contribution in [0.4, 0.5) is 32.0 Å². The van der Waals surface area contributed by atoms with Gasteiger partial charge in [-0.3, -0.25) is 4.79 Å². The molecule has 0 fully saturated rings. The number of alkyl halides is 6. The molecule has 4 nitrogen and oxygen atoms in total. The van der Waals surface area contributed by atoms with Gasteiger partial charge in [-0.2, -0.15) is 26.3 Å². The molecule has 0 saturated carbocycles. The van der Waals surface area contributed by atoms with Crippen molar-refractivity contribution in [3.63, 3.8) is 0 Å². The molecule has 1 aliphatic rings. The van der Waals surface area contributed by atoms with Gasteiger partial charge in [0.15, 0.2) is 0 Å². The van der Waals surface area contributed by atoms with E-state index in [-0.39, 0.29) is 12.5 Å². The van der Waals surface area contributed by atoms with E-state index in [1.54, 1.807) is 18.2 Å². The highest BCUT2D eigenvalue weighted by Gasteiger charge is 2.71. The van der Waals surface area contributed by atoms with Crippen molar-refractivity contribution in [2.24, 2.45) is 0 Å². The Bertz CT molecular complexity index is 924. The first kappa shape index (κ1) is 21.9. The van der Waals surface area contributed by atoms with E-state index in [0.29, 0.717) is 36.2 Å². The molecule has 0 aliphatic carbocycles. The summed E-state index contributed by atoms with van der Waals surface area (Å²) in [6.07, 6.45) is -11.2. The van der Waals surface area contributed by atoms with E-state index in [9.17, 15) is 36.2 Å². The first-order valence-corrected chi connectivity index (χ1v) is 8.93. The topological polar surface area (TPSA) is 52.6 Å². The van der Waals surface area contributed by atoms with Crippen molar-refractivity contribution in [2.75, 3.05) is 18.5 Å². The maximum Gasteiger partial charge on any atom is 0.430 e. The minimum atomic E-state index is -5.91. The smallest absolute Gasteiger partial charge is 0.369 e. The van der Waals surface area contributed by atoms with E-state index in [1.807, 2.05) is 4.90 Å². The third kappa shape index (κ3) is 3.71. The lowest BCUT2D eigenvalue weighted by Gasteiger charge is -2.32. The summed E-state index contributed by atoms with van der Waals surface area (Å²) in [4.78, 5) is 13.6. The van der Waals surface area contributed by atoms with Crippen molar-refractivity contribution in [1.82, 2.24) is 5.32 Å². The summed E-state index contributed by atoms with van der Waals surface area (Å²) in [7, 11) is 1.52. The predicted molar refractivity (Wildman–Crippen MR) is 97.0 cm³/mol. The highest BCUT2D eigenvalue weighted by Crippen LogP contribution is 2.50. The van der Waals surface area contributed by atoms with Crippen LogP contribution >= 0.6 is 0 Å². The fourth-order valence-electron chi connectivity index (χ4n) is 3.48. The molecular weight excluding hydrogens is 414 g/mol. The molecule has 1 aliphatic heterocycles. The van der Waals surface area contributed by atoms with Gasteiger partial charge in [-0.1, -0.05) is 24.3 Å². The number of hydrogen-bond donors (Lipinski definition) is 2. The van der Waals surface area contributed by atoms with Crippen molar-refractivity contribution in [3.05, 3.63) is 64.7 Å². The Labute approximate surface area is 168 Å². The SMILES string of the molecule is CNC(=O)c1ccc2c(c1)CCN2Cc1ccc(C(O)(C(F)(F)F)C(F)(F)F)cc1. The van der Waals surface area contributed by atoms with Crippen molar-refractivity contribution >= 4 is 11.6 Å². The first-order chi connectivity index (χ1) is 13.9. The molecule has 0 bridgehead atoms. The van der Waals surface area contributed by atoms with Crippen LogP contribution in [0.5, 0.6) is 0 Å². The lowest BCUT2D eigenvalue weighted by Crippen LogP contribution is -2.53. The molecule has 30 heavy (non-hydrogen) atoms. The zero-order chi connectivity index (χ0) is 22.3. The summed E-state index contributed by atoms with van der Waals surface area (Å²) >= 11 is 0. The number of hydrogen-bond acceptors (Lipinski definition) is 3. The third-order valence-electron chi connectivity index (χ3n) is 5.13. The molecule has 1 amide bonds. The van der Waals surface area contributed by atoms with Crippen LogP contribution in [-0.2, 0) is 18.6 Å². The number of aliphatic hydroxyl groups is 1. The lowest BCUT2D eigenvalue weighted by molar-refractivity contribution is -0.376. The average Bonchev–Trinajstić information content (AvgIpc) is 3.07. The zero-order valence-electron chi connectivity index (χ0n) is 15.7. The van der Waals surface area contributed by atoms with Gasteiger partial charge < -0.3 is 15.3 Å². The molecule has 0 aromatic heterocycles. The van der Waals surface area contributed by atoms with E-state index < -0.39 is 23.5 Å². The molecular formula is C20H18F6N2O2. The maximum absolute atomic E-state index is 13.0. The summed E-state index contributed by atoms with van der Waals surface area (Å²) in [5.74, 6) is -0.228. The molecule has 0 saturated heterocycles. The monoisotopic (exact) mass is 432 g/mol. The van der Waals surface area contributed by atoms with Gasteiger partial charge in [0.05, 0.1) is 0 Å². The van der Waals surface area contributed by atoms with E-state index >= 15 is 0 Å². The van der Waals surface area contributed by atoms with Gasteiger partial charge in [-0.25, -0.2) is 0 Å². The minimum Gasteiger partial charge on any atom is -0.369 e. The van der Waals surface area contributed by atoms with E-state index in [4.69, 9.17) is 0 Å². The Morgan fingerprint density at radius 2 is 1.63 bits per heavy atom. The van der Waals surface area contributed by atoms with Crippen LogP contribution < -0.4 is 10.2 Å². The molecule has 0 radical (unpaired) electrons. The van der Waals surface area contributed by atoms with Gasteiger partial charge >= 0.3 is 12.4 Å². The van der Waals surface area contributed by atoms with Crippen molar-refractivity contribution in [1.29, 1.82) is 0 Å². The van der Waals surface area contributed by atoms with Gasteiger partial charge in [0.1, 0.15) is 0 Å². The number of nitrogens with one attached hydrogen (secondary N) is 1. The van der Waals surface area contributed by atoms with E-state index in [1.165, 1.54) is 7.05 Å². The summed E-state index contributed by atoms with van der Waals surface area (Å²) < 4.78 is 77.9. The molecule has 0 atom stereocenters. The first-order valence-electron chi connectivity index (χ1n) is 8.93. The molecule has 2 aromatic carbocycles. The predicted octanol–water partition coefficient (Wildman–Crippen LogP) is 3.92. The van der Waals surface area contributed by atoms with E-state index in [0.717, 1.165) is 23.4 Å². The Kier molecular flexibility index (Phi) is 5.48. The van der Waals surface area contributed by atoms with Crippen molar-refractivity contribution in [3.8, 4) is 0 Å². The van der Waals surface area contributed by atoms with Gasteiger partial charge in [0.2, 0.25) is 0 Å². The molecule has 162 valence electrons. The molecule has 2 N–H and O–H groups in total. The fourth-order valence-corrected chi connectivity index (χ4v) is 3.48. The number of fused-ring (bicyclic) bond motifs is 1. The lowest BCUT2D eigenvalue weighted by atomic mass is 9.91. The fraction of sp³-hybridized carbons (Fsp3) is 0.350. The third-order valence-corrected chi connectivity index (χ3v) is 5.13. The van der Waals surface area contributed by atoms with Crippen LogP contribution in [0, 0.1) is 0 Å². The van der Waals surface area contributed by atoms with Gasteiger partial charge in [0.25, 0.3) is 11.5 Å². The number of amides is 1. The number of carbonyl (C=O) groups excluding carboxylic acids is 1. The second-order valence-electron chi connectivity index (χ2n) is 7.00. The molecule has 1 heterocycles. The Hall–Kier alpha value is -2.75. The van der Waals surface area contributed by atoms with Gasteiger partial charge in [-0.15, -0.1) is 0 Å². The van der Waals surface area contributed by atoms with E-state index in [2.05, 4.69) is 5.32 Å². The Morgan fingerprint density at radius 1 is 1.03 bits per heavy atom. The second kappa shape index (κ2) is 7.50. The molecule has 10 heteroatoms. The van der Waals surface area contributed by atoms with Crippen LogP contribution in [-0.4, -0.2) is 37.0 Å². The van der Waals surface area contributed by atoms with Crippen LogP contribution in [0.1, 0.15) is 27.0 Å².